The number of rotatable bonds is 5. The molecule has 1 aliphatic rings. The number of nitrogens with one attached hydrogen (secondary N) is 1. The van der Waals surface area contributed by atoms with Crippen molar-refractivity contribution in [3.63, 3.8) is 0 Å². The van der Waals surface area contributed by atoms with Gasteiger partial charge in [-0.1, -0.05) is 41.6 Å². The molecule has 1 amide bonds. The number of hydrogen-bond donors (Lipinski definition) is 1. The van der Waals surface area contributed by atoms with Crippen LogP contribution in [0.1, 0.15) is 22.5 Å². The highest BCUT2D eigenvalue weighted by atomic mass is 32.2. The molecule has 0 radical (unpaired) electrons. The second-order valence-corrected chi connectivity index (χ2v) is 9.74. The zero-order valence-corrected chi connectivity index (χ0v) is 18.8. The normalized spacial score (nSPS) is 13.4. The van der Waals surface area contributed by atoms with E-state index in [2.05, 4.69) is 10.5 Å². The van der Waals surface area contributed by atoms with Crippen LogP contribution in [-0.4, -0.2) is 26.0 Å². The molecule has 1 aliphatic heterocycles. The van der Waals surface area contributed by atoms with Gasteiger partial charge in [0.05, 0.1) is 10.6 Å². The van der Waals surface area contributed by atoms with E-state index in [9.17, 15) is 17.6 Å². The van der Waals surface area contributed by atoms with Crippen molar-refractivity contribution in [2.75, 3.05) is 16.2 Å². The molecule has 4 aromatic rings. The number of fused-ring (bicyclic) bond motifs is 1. The number of carbonyl (C=O) groups excluding carboxylic acids is 1. The maximum Gasteiger partial charge on any atom is 0.277 e. The number of anilines is 2. The van der Waals surface area contributed by atoms with E-state index in [0.717, 1.165) is 23.3 Å². The number of amides is 1. The van der Waals surface area contributed by atoms with E-state index in [1.165, 1.54) is 16.4 Å². The number of aromatic nitrogens is 1. The number of halogens is 1. The van der Waals surface area contributed by atoms with Gasteiger partial charge in [0.15, 0.2) is 11.5 Å². The first-order valence-electron chi connectivity index (χ1n) is 10.7. The average Bonchev–Trinajstić information content (AvgIpc) is 3.35. The Morgan fingerprint density at radius 1 is 1.00 bits per heavy atom. The van der Waals surface area contributed by atoms with Gasteiger partial charge in [-0.3, -0.25) is 9.10 Å². The number of sulfonamides is 1. The molecule has 0 saturated heterocycles. The monoisotopic (exact) mass is 477 g/mol. The highest BCUT2D eigenvalue weighted by Crippen LogP contribution is 2.34. The molecular formula is C25H20FN3O4S. The van der Waals surface area contributed by atoms with Gasteiger partial charge in [0, 0.05) is 23.9 Å². The molecule has 7 nitrogen and oxygen atoms in total. The molecule has 2 heterocycles. The van der Waals surface area contributed by atoms with Gasteiger partial charge < -0.3 is 9.84 Å². The lowest BCUT2D eigenvalue weighted by molar-refractivity contribution is 0.101. The van der Waals surface area contributed by atoms with E-state index in [1.54, 1.807) is 24.3 Å². The largest absolute Gasteiger partial charge is 0.355 e. The summed E-state index contributed by atoms with van der Waals surface area (Å²) in [6, 6.07) is 20.7. The fourth-order valence-electron chi connectivity index (χ4n) is 3.92. The number of aryl methyl sites for hydroxylation is 1. The van der Waals surface area contributed by atoms with E-state index in [4.69, 9.17) is 4.52 Å². The van der Waals surface area contributed by atoms with E-state index in [0.29, 0.717) is 30.0 Å². The highest BCUT2D eigenvalue weighted by molar-refractivity contribution is 7.92. The van der Waals surface area contributed by atoms with Crippen LogP contribution in [0.2, 0.25) is 0 Å². The predicted octanol–water partition coefficient (Wildman–Crippen LogP) is 4.87. The summed E-state index contributed by atoms with van der Waals surface area (Å²) < 4.78 is 46.4. The molecule has 0 aliphatic carbocycles. The summed E-state index contributed by atoms with van der Waals surface area (Å²) >= 11 is 0. The Kier molecular flexibility index (Phi) is 5.62. The molecule has 5 rings (SSSR count). The Hall–Kier alpha value is -3.98. The van der Waals surface area contributed by atoms with Crippen LogP contribution in [-0.2, 0) is 16.4 Å². The van der Waals surface area contributed by atoms with Crippen molar-refractivity contribution < 1.29 is 22.1 Å². The fourth-order valence-corrected chi connectivity index (χ4v) is 5.45. The van der Waals surface area contributed by atoms with Crippen molar-refractivity contribution in [3.05, 3.63) is 95.9 Å². The number of benzene rings is 3. The Morgan fingerprint density at radius 2 is 1.76 bits per heavy atom. The van der Waals surface area contributed by atoms with E-state index < -0.39 is 21.7 Å². The lowest BCUT2D eigenvalue weighted by Gasteiger charge is -2.31. The molecule has 172 valence electrons. The summed E-state index contributed by atoms with van der Waals surface area (Å²) in [5.41, 5.74) is 2.66. The topological polar surface area (TPSA) is 92.5 Å². The smallest absolute Gasteiger partial charge is 0.277 e. The second kappa shape index (κ2) is 8.75. The van der Waals surface area contributed by atoms with Crippen LogP contribution in [0.3, 0.4) is 0 Å². The number of nitrogens with zero attached hydrogens (tertiary/aromatic N) is 2. The van der Waals surface area contributed by atoms with E-state index >= 15 is 0 Å². The fraction of sp³-hybridized carbons (Fsp3) is 0.120. The maximum atomic E-state index is 13.3. The Bertz CT molecular complexity index is 1450. The summed E-state index contributed by atoms with van der Waals surface area (Å²) in [6.07, 6.45) is 1.36. The first kappa shape index (κ1) is 21.8. The third-order valence-electron chi connectivity index (χ3n) is 5.62. The SMILES string of the molecule is O=C(Nc1ccc2c(c1)N(S(=O)(=O)c1ccc(F)cc1)CCC2)c1cc(-c2ccccc2)on1. The van der Waals surface area contributed by atoms with Crippen molar-refractivity contribution in [1.29, 1.82) is 0 Å². The summed E-state index contributed by atoms with van der Waals surface area (Å²) in [5.74, 6) is -0.520. The Morgan fingerprint density at radius 3 is 2.53 bits per heavy atom. The van der Waals surface area contributed by atoms with Gasteiger partial charge in [0.2, 0.25) is 0 Å². The molecule has 34 heavy (non-hydrogen) atoms. The minimum atomic E-state index is -3.89. The second-order valence-electron chi connectivity index (χ2n) is 7.87. The van der Waals surface area contributed by atoms with Gasteiger partial charge in [-0.2, -0.15) is 0 Å². The average molecular weight is 478 g/mol. The van der Waals surface area contributed by atoms with Gasteiger partial charge in [0.25, 0.3) is 15.9 Å². The Labute approximate surface area is 195 Å². The molecule has 0 spiro atoms. The van der Waals surface area contributed by atoms with Gasteiger partial charge >= 0.3 is 0 Å². The third kappa shape index (κ3) is 4.17. The standard InChI is InChI=1S/C25H20FN3O4S/c26-19-9-12-21(13-10-19)34(31,32)29-14-4-7-17-8-11-20(15-23(17)29)27-25(30)22-16-24(33-28-22)18-5-2-1-3-6-18/h1-3,5-6,8-13,15-16H,4,7,14H2,(H,27,30). The highest BCUT2D eigenvalue weighted by Gasteiger charge is 2.29. The maximum absolute atomic E-state index is 13.3. The molecule has 1 aromatic heterocycles. The van der Waals surface area contributed by atoms with Crippen molar-refractivity contribution in [3.8, 4) is 11.3 Å². The molecule has 0 fully saturated rings. The Balaban J connectivity index is 1.41. The van der Waals surface area contributed by atoms with E-state index in [-0.39, 0.29) is 17.1 Å². The van der Waals surface area contributed by atoms with Gasteiger partial charge in [0.1, 0.15) is 5.82 Å². The van der Waals surface area contributed by atoms with Crippen LogP contribution in [0.4, 0.5) is 15.8 Å². The van der Waals surface area contributed by atoms with Gasteiger partial charge in [-0.05, 0) is 54.8 Å². The van der Waals surface area contributed by atoms with Crippen molar-refractivity contribution >= 4 is 27.3 Å². The predicted molar refractivity (Wildman–Crippen MR) is 126 cm³/mol. The molecule has 0 bridgehead atoms. The van der Waals surface area contributed by atoms with E-state index in [1.807, 2.05) is 30.3 Å². The molecule has 0 atom stereocenters. The quantitative estimate of drug-likeness (QED) is 0.443. The first-order chi connectivity index (χ1) is 16.4. The summed E-state index contributed by atoms with van der Waals surface area (Å²) in [6.45, 7) is 0.286. The van der Waals surface area contributed by atoms with Crippen LogP contribution in [0.5, 0.6) is 0 Å². The van der Waals surface area contributed by atoms with Crippen molar-refractivity contribution in [2.24, 2.45) is 0 Å². The minimum Gasteiger partial charge on any atom is -0.355 e. The van der Waals surface area contributed by atoms with Crippen LogP contribution < -0.4 is 9.62 Å². The molecular weight excluding hydrogens is 457 g/mol. The molecule has 3 aromatic carbocycles. The van der Waals surface area contributed by atoms with Gasteiger partial charge in [-0.25, -0.2) is 12.8 Å². The zero-order valence-electron chi connectivity index (χ0n) is 17.9. The number of carbonyl (C=O) groups is 1. The summed E-state index contributed by atoms with van der Waals surface area (Å²) in [4.78, 5) is 12.8. The van der Waals surface area contributed by atoms with Crippen molar-refractivity contribution in [1.82, 2.24) is 5.16 Å². The molecule has 0 unspecified atom stereocenters. The first-order valence-corrected chi connectivity index (χ1v) is 12.1. The molecule has 9 heteroatoms. The van der Waals surface area contributed by atoms with Crippen LogP contribution in [0.15, 0.2) is 88.3 Å². The summed E-state index contributed by atoms with van der Waals surface area (Å²) in [5, 5.41) is 6.61. The van der Waals surface area contributed by atoms with Crippen LogP contribution in [0, 0.1) is 5.82 Å². The molecule has 0 saturated carbocycles. The third-order valence-corrected chi connectivity index (χ3v) is 7.45. The van der Waals surface area contributed by atoms with Crippen LogP contribution in [0.25, 0.3) is 11.3 Å². The lowest BCUT2D eigenvalue weighted by atomic mass is 10.0. The lowest BCUT2D eigenvalue weighted by Crippen LogP contribution is -2.35. The minimum absolute atomic E-state index is 0.00669. The van der Waals surface area contributed by atoms with Crippen molar-refractivity contribution in [2.45, 2.75) is 17.7 Å². The molecule has 1 N–H and O–H groups in total. The van der Waals surface area contributed by atoms with Gasteiger partial charge in [-0.15, -0.1) is 0 Å². The van der Waals surface area contributed by atoms with Crippen LogP contribution >= 0.6 is 0 Å². The number of hydrogen-bond acceptors (Lipinski definition) is 5. The zero-order chi connectivity index (χ0) is 23.7. The summed E-state index contributed by atoms with van der Waals surface area (Å²) in [7, 11) is -3.89.